The number of nitrogens with one attached hydrogen (secondary N) is 1. The quantitative estimate of drug-likeness (QED) is 0.822. The number of amides is 1. The predicted molar refractivity (Wildman–Crippen MR) is 67.5 cm³/mol. The van der Waals surface area contributed by atoms with Crippen molar-refractivity contribution in [3.8, 4) is 0 Å². The molecule has 19 heavy (non-hydrogen) atoms. The van der Waals surface area contributed by atoms with Gasteiger partial charge >= 0.3 is 0 Å². The highest BCUT2D eigenvalue weighted by atomic mass is 19.1. The van der Waals surface area contributed by atoms with Crippen LogP contribution in [0.25, 0.3) is 0 Å². The summed E-state index contributed by atoms with van der Waals surface area (Å²) in [5.41, 5.74) is 4.61. The van der Waals surface area contributed by atoms with Crippen molar-refractivity contribution in [2.45, 2.75) is 31.7 Å². The molecule has 0 aliphatic heterocycles. The molecule has 2 saturated carbocycles. The van der Waals surface area contributed by atoms with Crippen LogP contribution < -0.4 is 11.1 Å². The minimum atomic E-state index is -0.970. The van der Waals surface area contributed by atoms with Crippen molar-refractivity contribution < 1.29 is 13.6 Å². The first-order valence-corrected chi connectivity index (χ1v) is 6.62. The van der Waals surface area contributed by atoms with E-state index in [0.29, 0.717) is 11.8 Å². The van der Waals surface area contributed by atoms with Crippen molar-refractivity contribution in [1.29, 1.82) is 0 Å². The molecule has 0 saturated heterocycles. The minimum Gasteiger partial charge on any atom is -0.396 e. The third-order valence-electron chi connectivity index (χ3n) is 3.91. The Kier molecular flexibility index (Phi) is 2.92. The summed E-state index contributed by atoms with van der Waals surface area (Å²) in [7, 11) is 0. The molecule has 3 rings (SSSR count). The molecule has 0 spiro atoms. The summed E-state index contributed by atoms with van der Waals surface area (Å²) < 4.78 is 27.4. The smallest absolute Gasteiger partial charge is 0.257 e. The highest BCUT2D eigenvalue weighted by Gasteiger charge is 2.42. The maximum atomic E-state index is 13.8. The summed E-state index contributed by atoms with van der Waals surface area (Å²) in [5, 5.41) is 2.79. The van der Waals surface area contributed by atoms with Crippen LogP contribution in [-0.2, 0) is 0 Å². The molecule has 5 heteroatoms. The molecule has 0 atom stereocenters. The van der Waals surface area contributed by atoms with E-state index >= 15 is 0 Å². The molecule has 102 valence electrons. The van der Waals surface area contributed by atoms with Gasteiger partial charge in [-0.25, -0.2) is 8.78 Å². The van der Waals surface area contributed by atoms with Crippen LogP contribution in [0.1, 0.15) is 36.0 Å². The number of nitrogen functional groups attached to an aromatic ring is 1. The fourth-order valence-electron chi connectivity index (χ4n) is 2.53. The zero-order valence-corrected chi connectivity index (χ0v) is 10.5. The Morgan fingerprint density at radius 1 is 1.21 bits per heavy atom. The molecule has 2 aliphatic carbocycles. The number of rotatable bonds is 4. The van der Waals surface area contributed by atoms with E-state index in [1.807, 2.05) is 0 Å². The maximum Gasteiger partial charge on any atom is 0.257 e. The monoisotopic (exact) mass is 266 g/mol. The largest absolute Gasteiger partial charge is 0.396 e. The zero-order valence-electron chi connectivity index (χ0n) is 10.5. The van der Waals surface area contributed by atoms with Gasteiger partial charge in [-0.15, -0.1) is 0 Å². The van der Waals surface area contributed by atoms with Crippen LogP contribution in [0.3, 0.4) is 0 Å². The van der Waals surface area contributed by atoms with Gasteiger partial charge < -0.3 is 11.1 Å². The molecule has 3 nitrogen and oxygen atoms in total. The molecule has 1 aromatic rings. The van der Waals surface area contributed by atoms with Gasteiger partial charge in [-0.3, -0.25) is 4.79 Å². The van der Waals surface area contributed by atoms with Crippen molar-refractivity contribution in [1.82, 2.24) is 5.32 Å². The van der Waals surface area contributed by atoms with Gasteiger partial charge in [-0.1, -0.05) is 0 Å². The Hall–Kier alpha value is -1.65. The Morgan fingerprint density at radius 3 is 2.32 bits per heavy atom. The Bertz CT molecular complexity index is 512. The van der Waals surface area contributed by atoms with E-state index in [2.05, 4.69) is 5.32 Å². The predicted octanol–water partition coefficient (Wildman–Crippen LogP) is 2.47. The molecule has 0 heterocycles. The normalized spacial score (nSPS) is 18.7. The number of carbonyl (C=O) groups is 1. The average molecular weight is 266 g/mol. The summed E-state index contributed by atoms with van der Waals surface area (Å²) in [4.78, 5) is 12.1. The second-order valence-electron chi connectivity index (χ2n) is 5.50. The van der Waals surface area contributed by atoms with Gasteiger partial charge in [0.1, 0.15) is 11.4 Å². The van der Waals surface area contributed by atoms with E-state index < -0.39 is 23.1 Å². The van der Waals surface area contributed by atoms with E-state index in [-0.39, 0.29) is 11.7 Å². The van der Waals surface area contributed by atoms with Crippen LogP contribution in [0.15, 0.2) is 12.1 Å². The van der Waals surface area contributed by atoms with Gasteiger partial charge in [-0.2, -0.15) is 0 Å². The van der Waals surface area contributed by atoms with Crippen LogP contribution in [0, 0.1) is 23.5 Å². The average Bonchev–Trinajstić information content (AvgIpc) is 3.25. The number of hydrogen-bond donors (Lipinski definition) is 2. The van der Waals surface area contributed by atoms with Crippen molar-refractivity contribution >= 4 is 11.6 Å². The van der Waals surface area contributed by atoms with Crippen molar-refractivity contribution in [3.63, 3.8) is 0 Å². The molecular weight excluding hydrogens is 250 g/mol. The molecule has 2 aliphatic rings. The van der Waals surface area contributed by atoms with Crippen LogP contribution in [0.2, 0.25) is 0 Å². The van der Waals surface area contributed by atoms with E-state index in [1.54, 1.807) is 0 Å². The third kappa shape index (κ3) is 2.41. The standard InChI is InChI=1S/C14H16F2N2O/c15-9-5-6-10(17)12(16)11(9)14(19)18-13(7-1-2-7)8-3-4-8/h5-8,13H,1-4,17H2,(H,18,19). The summed E-state index contributed by atoms with van der Waals surface area (Å²) in [6, 6.07) is 2.21. The summed E-state index contributed by atoms with van der Waals surface area (Å²) in [5.74, 6) is -1.57. The summed E-state index contributed by atoms with van der Waals surface area (Å²) >= 11 is 0. The molecular formula is C14H16F2N2O. The van der Waals surface area contributed by atoms with E-state index in [4.69, 9.17) is 5.73 Å². The summed E-state index contributed by atoms with van der Waals surface area (Å²) in [6.07, 6.45) is 4.35. The van der Waals surface area contributed by atoms with Crippen molar-refractivity contribution in [3.05, 3.63) is 29.3 Å². The molecule has 2 fully saturated rings. The summed E-state index contributed by atoms with van der Waals surface area (Å²) in [6.45, 7) is 0. The number of anilines is 1. The maximum absolute atomic E-state index is 13.8. The number of hydrogen-bond acceptors (Lipinski definition) is 2. The molecule has 3 N–H and O–H groups in total. The second kappa shape index (κ2) is 4.47. The Balaban J connectivity index is 1.81. The topological polar surface area (TPSA) is 55.1 Å². The van der Waals surface area contributed by atoms with Gasteiger partial charge in [0, 0.05) is 6.04 Å². The number of benzene rings is 1. The van der Waals surface area contributed by atoms with E-state index in [9.17, 15) is 13.6 Å². The molecule has 0 radical (unpaired) electrons. The number of halogens is 2. The van der Waals surface area contributed by atoms with Gasteiger partial charge in [0.15, 0.2) is 5.82 Å². The number of nitrogens with two attached hydrogens (primary N) is 1. The minimum absolute atomic E-state index is 0.0627. The lowest BCUT2D eigenvalue weighted by Crippen LogP contribution is -2.39. The lowest BCUT2D eigenvalue weighted by molar-refractivity contribution is 0.0918. The third-order valence-corrected chi connectivity index (χ3v) is 3.91. The Morgan fingerprint density at radius 2 is 1.79 bits per heavy atom. The van der Waals surface area contributed by atoms with Crippen LogP contribution in [0.5, 0.6) is 0 Å². The second-order valence-corrected chi connectivity index (χ2v) is 5.50. The van der Waals surface area contributed by atoms with E-state index in [1.165, 1.54) is 0 Å². The SMILES string of the molecule is Nc1ccc(F)c(C(=O)NC(C2CC2)C2CC2)c1F. The van der Waals surface area contributed by atoms with Crippen molar-refractivity contribution in [2.75, 3.05) is 5.73 Å². The zero-order chi connectivity index (χ0) is 13.6. The first kappa shape index (κ1) is 12.4. The molecule has 0 bridgehead atoms. The lowest BCUT2D eigenvalue weighted by atomic mass is 10.1. The molecule has 0 aromatic heterocycles. The van der Waals surface area contributed by atoms with E-state index in [0.717, 1.165) is 37.8 Å². The fourth-order valence-corrected chi connectivity index (χ4v) is 2.53. The highest BCUT2D eigenvalue weighted by Crippen LogP contribution is 2.44. The van der Waals surface area contributed by atoms with Crippen LogP contribution in [0.4, 0.5) is 14.5 Å². The van der Waals surface area contributed by atoms with Crippen LogP contribution >= 0.6 is 0 Å². The number of carbonyl (C=O) groups excluding carboxylic acids is 1. The van der Waals surface area contributed by atoms with Crippen LogP contribution in [-0.4, -0.2) is 11.9 Å². The highest BCUT2D eigenvalue weighted by molar-refractivity contribution is 5.96. The van der Waals surface area contributed by atoms with Gasteiger partial charge in [0.2, 0.25) is 0 Å². The molecule has 1 aromatic carbocycles. The molecule has 1 amide bonds. The first-order chi connectivity index (χ1) is 9.08. The van der Waals surface area contributed by atoms with Gasteiger partial charge in [0.25, 0.3) is 5.91 Å². The first-order valence-electron chi connectivity index (χ1n) is 6.62. The van der Waals surface area contributed by atoms with Gasteiger partial charge in [0.05, 0.1) is 5.69 Å². The van der Waals surface area contributed by atoms with Crippen molar-refractivity contribution in [2.24, 2.45) is 11.8 Å². The molecule has 0 unspecified atom stereocenters. The fraction of sp³-hybridized carbons (Fsp3) is 0.500. The Labute approximate surface area is 110 Å². The van der Waals surface area contributed by atoms with Gasteiger partial charge in [-0.05, 0) is 49.7 Å². The lowest BCUT2D eigenvalue weighted by Gasteiger charge is -2.18.